The maximum Gasteiger partial charge on any atom is 0.243 e. The summed E-state index contributed by atoms with van der Waals surface area (Å²) in [4.78, 5) is 12.2. The fourth-order valence-corrected chi connectivity index (χ4v) is 2.17. The highest BCUT2D eigenvalue weighted by Gasteiger charge is 2.04. The lowest BCUT2D eigenvalue weighted by molar-refractivity contribution is -0.114. The second-order valence-corrected chi connectivity index (χ2v) is 6.05. The minimum Gasteiger partial charge on any atom is -0.494 e. The molecule has 0 aliphatic carbocycles. The van der Waals surface area contributed by atoms with Crippen molar-refractivity contribution in [1.82, 2.24) is 0 Å². The number of anilines is 2. The molecule has 2 N–H and O–H groups in total. The van der Waals surface area contributed by atoms with E-state index in [0.29, 0.717) is 24.7 Å². The standard InChI is InChI=1S/C21H26N2O3/c1-4-11-25-19-9-5-7-17(12-19)22-14-21(24)23-18-8-6-10-20(13-18)26-15-16(2)3/h5-10,12-13,22H,2,4,11,14-15H2,1,3H3,(H,23,24). The molecule has 0 aliphatic heterocycles. The second kappa shape index (κ2) is 10.1. The summed E-state index contributed by atoms with van der Waals surface area (Å²) in [6, 6.07) is 14.9. The SMILES string of the molecule is C=C(C)COc1cccc(NC(=O)CNc2cccc(OCCC)c2)c1. The number of rotatable bonds is 10. The second-order valence-electron chi connectivity index (χ2n) is 6.05. The van der Waals surface area contributed by atoms with Crippen LogP contribution >= 0.6 is 0 Å². The molecule has 2 aromatic rings. The molecule has 0 heterocycles. The van der Waals surface area contributed by atoms with E-state index in [2.05, 4.69) is 24.1 Å². The Morgan fingerprint density at radius 1 is 1.04 bits per heavy atom. The molecule has 5 nitrogen and oxygen atoms in total. The monoisotopic (exact) mass is 354 g/mol. The molecule has 0 aromatic heterocycles. The molecular formula is C21H26N2O3. The maximum absolute atomic E-state index is 12.2. The summed E-state index contributed by atoms with van der Waals surface area (Å²) in [5.74, 6) is 1.35. The van der Waals surface area contributed by atoms with E-state index in [4.69, 9.17) is 9.47 Å². The third kappa shape index (κ3) is 6.89. The van der Waals surface area contributed by atoms with Gasteiger partial charge < -0.3 is 20.1 Å². The lowest BCUT2D eigenvalue weighted by Crippen LogP contribution is -2.21. The average Bonchev–Trinajstić information content (AvgIpc) is 2.64. The Hall–Kier alpha value is -2.95. The number of carbonyl (C=O) groups is 1. The molecule has 0 atom stereocenters. The third-order valence-corrected chi connectivity index (χ3v) is 3.36. The van der Waals surface area contributed by atoms with Gasteiger partial charge in [0.15, 0.2) is 0 Å². The van der Waals surface area contributed by atoms with Crippen LogP contribution < -0.4 is 20.1 Å². The van der Waals surface area contributed by atoms with E-state index < -0.39 is 0 Å². The van der Waals surface area contributed by atoms with Crippen LogP contribution in [-0.2, 0) is 4.79 Å². The Bertz CT molecular complexity index is 744. The first-order valence-electron chi connectivity index (χ1n) is 8.70. The van der Waals surface area contributed by atoms with E-state index in [0.717, 1.165) is 23.4 Å². The zero-order valence-electron chi connectivity index (χ0n) is 15.4. The van der Waals surface area contributed by atoms with Crippen LogP contribution in [-0.4, -0.2) is 25.7 Å². The molecule has 0 saturated carbocycles. The minimum atomic E-state index is -0.137. The topological polar surface area (TPSA) is 59.6 Å². The summed E-state index contributed by atoms with van der Waals surface area (Å²) in [5.41, 5.74) is 2.47. The first kappa shape index (κ1) is 19.4. The zero-order chi connectivity index (χ0) is 18.8. The van der Waals surface area contributed by atoms with Gasteiger partial charge in [0, 0.05) is 23.5 Å². The van der Waals surface area contributed by atoms with Crippen molar-refractivity contribution in [1.29, 1.82) is 0 Å². The van der Waals surface area contributed by atoms with E-state index in [-0.39, 0.29) is 12.5 Å². The van der Waals surface area contributed by atoms with Gasteiger partial charge in [-0.25, -0.2) is 0 Å². The normalized spacial score (nSPS) is 10.1. The van der Waals surface area contributed by atoms with E-state index in [9.17, 15) is 4.79 Å². The third-order valence-electron chi connectivity index (χ3n) is 3.36. The smallest absolute Gasteiger partial charge is 0.243 e. The quantitative estimate of drug-likeness (QED) is 0.618. The zero-order valence-corrected chi connectivity index (χ0v) is 15.4. The molecule has 2 rings (SSSR count). The van der Waals surface area contributed by atoms with Gasteiger partial charge in [-0.05, 0) is 43.2 Å². The number of nitrogens with one attached hydrogen (secondary N) is 2. The molecule has 2 aromatic carbocycles. The van der Waals surface area contributed by atoms with Crippen molar-refractivity contribution in [2.45, 2.75) is 20.3 Å². The number of carbonyl (C=O) groups excluding carboxylic acids is 1. The summed E-state index contributed by atoms with van der Waals surface area (Å²) < 4.78 is 11.2. The summed E-state index contributed by atoms with van der Waals surface area (Å²) in [6.07, 6.45) is 0.954. The fraction of sp³-hybridized carbons (Fsp3) is 0.286. The van der Waals surface area contributed by atoms with Gasteiger partial charge in [0.2, 0.25) is 5.91 Å². The first-order chi connectivity index (χ1) is 12.6. The van der Waals surface area contributed by atoms with Crippen LogP contribution in [0.25, 0.3) is 0 Å². The fourth-order valence-electron chi connectivity index (χ4n) is 2.17. The van der Waals surface area contributed by atoms with Crippen LogP contribution in [0.15, 0.2) is 60.7 Å². The Kier molecular flexibility index (Phi) is 7.55. The van der Waals surface area contributed by atoms with Gasteiger partial charge in [0.05, 0.1) is 13.2 Å². The highest BCUT2D eigenvalue weighted by molar-refractivity contribution is 5.93. The minimum absolute atomic E-state index is 0.137. The number of hydrogen-bond acceptors (Lipinski definition) is 4. The molecule has 0 radical (unpaired) electrons. The highest BCUT2D eigenvalue weighted by Crippen LogP contribution is 2.19. The van der Waals surface area contributed by atoms with Crippen LogP contribution in [0.2, 0.25) is 0 Å². The molecule has 0 bridgehead atoms. The van der Waals surface area contributed by atoms with Crippen LogP contribution in [0.4, 0.5) is 11.4 Å². The van der Waals surface area contributed by atoms with Crippen molar-refractivity contribution in [3.05, 3.63) is 60.7 Å². The van der Waals surface area contributed by atoms with Gasteiger partial charge >= 0.3 is 0 Å². The van der Waals surface area contributed by atoms with E-state index in [1.807, 2.05) is 49.4 Å². The Morgan fingerprint density at radius 2 is 1.69 bits per heavy atom. The van der Waals surface area contributed by atoms with Crippen molar-refractivity contribution < 1.29 is 14.3 Å². The maximum atomic E-state index is 12.2. The molecule has 0 fully saturated rings. The van der Waals surface area contributed by atoms with E-state index >= 15 is 0 Å². The van der Waals surface area contributed by atoms with E-state index in [1.54, 1.807) is 6.07 Å². The number of ether oxygens (including phenoxy) is 2. The van der Waals surface area contributed by atoms with Crippen molar-refractivity contribution in [3.8, 4) is 11.5 Å². The van der Waals surface area contributed by atoms with Crippen LogP contribution in [0.1, 0.15) is 20.3 Å². The van der Waals surface area contributed by atoms with E-state index in [1.165, 1.54) is 0 Å². The molecule has 0 saturated heterocycles. The molecular weight excluding hydrogens is 328 g/mol. The number of amides is 1. The molecule has 26 heavy (non-hydrogen) atoms. The number of hydrogen-bond donors (Lipinski definition) is 2. The predicted molar refractivity (Wildman–Crippen MR) is 106 cm³/mol. The predicted octanol–water partition coefficient (Wildman–Crippen LogP) is 4.48. The lowest BCUT2D eigenvalue weighted by Gasteiger charge is -2.11. The van der Waals surface area contributed by atoms with Crippen molar-refractivity contribution in [2.24, 2.45) is 0 Å². The lowest BCUT2D eigenvalue weighted by atomic mass is 10.3. The molecule has 138 valence electrons. The summed E-state index contributed by atoms with van der Waals surface area (Å²) >= 11 is 0. The molecule has 0 unspecified atom stereocenters. The average molecular weight is 354 g/mol. The summed E-state index contributed by atoms with van der Waals surface area (Å²) in [5, 5.41) is 5.96. The van der Waals surface area contributed by atoms with Crippen LogP contribution in [0.5, 0.6) is 11.5 Å². The number of benzene rings is 2. The van der Waals surface area contributed by atoms with Gasteiger partial charge in [0.25, 0.3) is 0 Å². The molecule has 1 amide bonds. The van der Waals surface area contributed by atoms with Crippen LogP contribution in [0.3, 0.4) is 0 Å². The van der Waals surface area contributed by atoms with Crippen molar-refractivity contribution in [2.75, 3.05) is 30.4 Å². The van der Waals surface area contributed by atoms with Gasteiger partial charge in [-0.15, -0.1) is 0 Å². The van der Waals surface area contributed by atoms with Crippen LogP contribution in [0, 0.1) is 0 Å². The van der Waals surface area contributed by atoms with Gasteiger partial charge in [-0.2, -0.15) is 0 Å². The summed E-state index contributed by atoms with van der Waals surface area (Å²) in [7, 11) is 0. The Morgan fingerprint density at radius 3 is 2.38 bits per heavy atom. The van der Waals surface area contributed by atoms with Gasteiger partial charge in [-0.3, -0.25) is 4.79 Å². The first-order valence-corrected chi connectivity index (χ1v) is 8.70. The molecule has 0 spiro atoms. The van der Waals surface area contributed by atoms with Crippen molar-refractivity contribution >= 4 is 17.3 Å². The van der Waals surface area contributed by atoms with Crippen molar-refractivity contribution in [3.63, 3.8) is 0 Å². The summed E-state index contributed by atoms with van der Waals surface area (Å²) in [6.45, 7) is 9.06. The molecule has 5 heteroatoms. The highest BCUT2D eigenvalue weighted by atomic mass is 16.5. The Labute approximate surface area is 155 Å². The largest absolute Gasteiger partial charge is 0.494 e. The molecule has 0 aliphatic rings. The Balaban J connectivity index is 1.85. The van der Waals surface area contributed by atoms with Gasteiger partial charge in [-0.1, -0.05) is 25.6 Å². The van der Waals surface area contributed by atoms with Gasteiger partial charge in [0.1, 0.15) is 18.1 Å².